The van der Waals surface area contributed by atoms with Gasteiger partial charge in [0, 0.05) is 18.4 Å². The van der Waals surface area contributed by atoms with Crippen LogP contribution in [0.1, 0.15) is 18.4 Å². The number of nitrogens with one attached hydrogen (secondary N) is 1. The first-order valence-corrected chi connectivity index (χ1v) is 6.76. The van der Waals surface area contributed by atoms with Gasteiger partial charge in [-0.15, -0.1) is 0 Å². The molecule has 0 saturated carbocycles. The summed E-state index contributed by atoms with van der Waals surface area (Å²) in [5.41, 5.74) is 6.33. The third-order valence-corrected chi connectivity index (χ3v) is 3.29. The van der Waals surface area contributed by atoms with Crippen molar-refractivity contribution in [2.75, 3.05) is 13.7 Å². The number of amides is 1. The number of carbonyl (C=O) groups excluding carboxylic acids is 1. The molecule has 20 heavy (non-hydrogen) atoms. The minimum atomic E-state index is -0.248. The molecule has 0 aromatic heterocycles. The zero-order valence-electron chi connectivity index (χ0n) is 11.7. The molecule has 2 rings (SSSR count). The maximum absolute atomic E-state index is 10.7. The van der Waals surface area contributed by atoms with Crippen molar-refractivity contribution >= 4 is 16.7 Å². The average Bonchev–Trinajstić information content (AvgIpc) is 2.46. The van der Waals surface area contributed by atoms with Gasteiger partial charge in [0.2, 0.25) is 5.91 Å². The molecule has 0 heterocycles. The number of fused-ring (bicyclic) bond motifs is 1. The molecule has 0 spiro atoms. The Bertz CT molecular complexity index is 596. The van der Waals surface area contributed by atoms with E-state index >= 15 is 0 Å². The number of primary amides is 1. The van der Waals surface area contributed by atoms with Gasteiger partial charge < -0.3 is 15.8 Å². The minimum Gasteiger partial charge on any atom is -0.496 e. The minimum absolute atomic E-state index is 0.248. The Balaban J connectivity index is 2.05. The summed E-state index contributed by atoms with van der Waals surface area (Å²) in [5.74, 6) is 0.639. The molecule has 0 unspecified atom stereocenters. The fraction of sp³-hybridized carbons (Fsp3) is 0.312. The van der Waals surface area contributed by atoms with E-state index in [2.05, 4.69) is 23.5 Å². The smallest absolute Gasteiger partial charge is 0.217 e. The summed E-state index contributed by atoms with van der Waals surface area (Å²) < 4.78 is 5.38. The Hall–Kier alpha value is -2.07. The summed E-state index contributed by atoms with van der Waals surface area (Å²) in [6.07, 6.45) is 1.19. The van der Waals surface area contributed by atoms with E-state index in [9.17, 15) is 4.79 Å². The Labute approximate surface area is 118 Å². The standard InChI is InChI=1S/C16H20N2O2/c1-20-15-9-8-12(11-18-10-4-7-16(17)19)13-5-2-3-6-14(13)15/h2-3,5-6,8-9,18H,4,7,10-11H2,1H3,(H2,17,19). The van der Waals surface area contributed by atoms with Crippen LogP contribution < -0.4 is 15.8 Å². The predicted molar refractivity (Wildman–Crippen MR) is 80.6 cm³/mol. The number of hydrogen-bond donors (Lipinski definition) is 2. The molecule has 0 atom stereocenters. The Morgan fingerprint density at radius 1 is 1.20 bits per heavy atom. The maximum atomic E-state index is 10.7. The number of benzene rings is 2. The molecule has 106 valence electrons. The summed E-state index contributed by atoms with van der Waals surface area (Å²) in [4.78, 5) is 10.7. The van der Waals surface area contributed by atoms with Gasteiger partial charge in [0.25, 0.3) is 0 Å². The second-order valence-corrected chi connectivity index (χ2v) is 4.72. The molecule has 0 saturated heterocycles. The highest BCUT2D eigenvalue weighted by Crippen LogP contribution is 2.28. The topological polar surface area (TPSA) is 64.3 Å². The number of rotatable bonds is 7. The van der Waals surface area contributed by atoms with Gasteiger partial charge in [0.1, 0.15) is 5.75 Å². The lowest BCUT2D eigenvalue weighted by Gasteiger charge is -2.11. The van der Waals surface area contributed by atoms with E-state index in [0.717, 1.165) is 30.6 Å². The fourth-order valence-corrected chi connectivity index (χ4v) is 2.28. The van der Waals surface area contributed by atoms with Gasteiger partial charge >= 0.3 is 0 Å². The average molecular weight is 272 g/mol. The van der Waals surface area contributed by atoms with E-state index in [1.54, 1.807) is 7.11 Å². The third-order valence-electron chi connectivity index (χ3n) is 3.29. The summed E-state index contributed by atoms with van der Waals surface area (Å²) in [5, 5.41) is 5.64. The van der Waals surface area contributed by atoms with E-state index in [4.69, 9.17) is 10.5 Å². The van der Waals surface area contributed by atoms with Gasteiger partial charge in [-0.25, -0.2) is 0 Å². The lowest BCUT2D eigenvalue weighted by atomic mass is 10.0. The second-order valence-electron chi connectivity index (χ2n) is 4.72. The van der Waals surface area contributed by atoms with Crippen molar-refractivity contribution in [1.82, 2.24) is 5.32 Å². The molecule has 0 bridgehead atoms. The lowest BCUT2D eigenvalue weighted by molar-refractivity contribution is -0.118. The van der Waals surface area contributed by atoms with Crippen LogP contribution in [0.25, 0.3) is 10.8 Å². The van der Waals surface area contributed by atoms with Crippen LogP contribution in [-0.4, -0.2) is 19.6 Å². The Morgan fingerprint density at radius 3 is 2.65 bits per heavy atom. The lowest BCUT2D eigenvalue weighted by Crippen LogP contribution is -2.18. The molecule has 4 heteroatoms. The van der Waals surface area contributed by atoms with E-state index in [-0.39, 0.29) is 5.91 Å². The van der Waals surface area contributed by atoms with Crippen LogP contribution in [-0.2, 0) is 11.3 Å². The van der Waals surface area contributed by atoms with Crippen molar-refractivity contribution in [2.24, 2.45) is 5.73 Å². The van der Waals surface area contributed by atoms with Gasteiger partial charge in [-0.05, 0) is 30.0 Å². The summed E-state index contributed by atoms with van der Waals surface area (Å²) in [7, 11) is 1.68. The zero-order valence-corrected chi connectivity index (χ0v) is 11.7. The molecule has 2 aromatic rings. The van der Waals surface area contributed by atoms with Crippen LogP contribution in [0.2, 0.25) is 0 Å². The van der Waals surface area contributed by atoms with Crippen molar-refractivity contribution in [3.63, 3.8) is 0 Å². The van der Waals surface area contributed by atoms with Gasteiger partial charge in [-0.1, -0.05) is 30.3 Å². The Morgan fingerprint density at radius 2 is 1.95 bits per heavy atom. The van der Waals surface area contributed by atoms with Crippen molar-refractivity contribution in [1.29, 1.82) is 0 Å². The summed E-state index contributed by atoms with van der Waals surface area (Å²) in [6, 6.07) is 12.3. The SMILES string of the molecule is COc1ccc(CNCCCC(N)=O)c2ccccc12. The summed E-state index contributed by atoms with van der Waals surface area (Å²) in [6.45, 7) is 1.55. The first-order valence-electron chi connectivity index (χ1n) is 6.76. The van der Waals surface area contributed by atoms with Crippen molar-refractivity contribution in [2.45, 2.75) is 19.4 Å². The molecule has 1 amide bonds. The zero-order chi connectivity index (χ0) is 14.4. The van der Waals surface area contributed by atoms with Crippen LogP contribution in [0.3, 0.4) is 0 Å². The highest BCUT2D eigenvalue weighted by molar-refractivity contribution is 5.91. The van der Waals surface area contributed by atoms with Gasteiger partial charge in [0.15, 0.2) is 0 Å². The van der Waals surface area contributed by atoms with E-state index < -0.39 is 0 Å². The normalized spacial score (nSPS) is 10.7. The predicted octanol–water partition coefficient (Wildman–Crippen LogP) is 2.20. The number of ether oxygens (including phenoxy) is 1. The largest absolute Gasteiger partial charge is 0.496 e. The van der Waals surface area contributed by atoms with Crippen LogP contribution >= 0.6 is 0 Å². The monoisotopic (exact) mass is 272 g/mol. The molecule has 0 aliphatic rings. The third kappa shape index (κ3) is 3.48. The maximum Gasteiger partial charge on any atom is 0.217 e. The van der Waals surface area contributed by atoms with Crippen LogP contribution in [0, 0.1) is 0 Å². The van der Waals surface area contributed by atoms with Crippen molar-refractivity contribution in [3.05, 3.63) is 42.0 Å². The molecule has 2 aromatic carbocycles. The molecular formula is C16H20N2O2. The molecule has 0 fully saturated rings. The number of carbonyl (C=O) groups is 1. The molecular weight excluding hydrogens is 252 g/mol. The fourth-order valence-electron chi connectivity index (χ4n) is 2.28. The Kier molecular flexibility index (Phi) is 4.96. The molecule has 4 nitrogen and oxygen atoms in total. The summed E-state index contributed by atoms with van der Waals surface area (Å²) >= 11 is 0. The van der Waals surface area contributed by atoms with Crippen LogP contribution in [0.4, 0.5) is 0 Å². The van der Waals surface area contributed by atoms with Gasteiger partial charge in [0.05, 0.1) is 7.11 Å². The van der Waals surface area contributed by atoms with E-state index in [0.29, 0.717) is 6.42 Å². The first-order chi connectivity index (χ1) is 9.72. The first kappa shape index (κ1) is 14.3. The molecule has 3 N–H and O–H groups in total. The van der Waals surface area contributed by atoms with Crippen molar-refractivity contribution < 1.29 is 9.53 Å². The second kappa shape index (κ2) is 6.91. The quantitative estimate of drug-likeness (QED) is 0.759. The number of methoxy groups -OCH3 is 1. The van der Waals surface area contributed by atoms with Crippen LogP contribution in [0.5, 0.6) is 5.75 Å². The highest BCUT2D eigenvalue weighted by Gasteiger charge is 2.05. The van der Waals surface area contributed by atoms with E-state index in [1.807, 2.05) is 18.2 Å². The van der Waals surface area contributed by atoms with Crippen molar-refractivity contribution in [3.8, 4) is 5.75 Å². The highest BCUT2D eigenvalue weighted by atomic mass is 16.5. The van der Waals surface area contributed by atoms with Gasteiger partial charge in [-0.3, -0.25) is 4.79 Å². The van der Waals surface area contributed by atoms with E-state index in [1.165, 1.54) is 10.9 Å². The molecule has 0 aliphatic carbocycles. The van der Waals surface area contributed by atoms with Gasteiger partial charge in [-0.2, -0.15) is 0 Å². The molecule has 0 aliphatic heterocycles. The number of hydrogen-bond acceptors (Lipinski definition) is 3. The molecule has 0 radical (unpaired) electrons. The number of nitrogens with two attached hydrogens (primary N) is 1. The van der Waals surface area contributed by atoms with Crippen LogP contribution in [0.15, 0.2) is 36.4 Å².